The number of amides is 1. The summed E-state index contributed by atoms with van der Waals surface area (Å²) in [6.45, 7) is 3.92. The molecule has 0 atom stereocenters. The minimum absolute atomic E-state index is 0.0538. The van der Waals surface area contributed by atoms with Gasteiger partial charge in [-0.05, 0) is 62.2 Å². The summed E-state index contributed by atoms with van der Waals surface area (Å²) in [7, 11) is 0. The van der Waals surface area contributed by atoms with Crippen LogP contribution < -0.4 is 10.1 Å². The summed E-state index contributed by atoms with van der Waals surface area (Å²) < 4.78 is 7.43. The maximum absolute atomic E-state index is 12.4. The second kappa shape index (κ2) is 8.10. The van der Waals surface area contributed by atoms with Gasteiger partial charge in [0.15, 0.2) is 5.65 Å². The molecule has 0 saturated carbocycles. The number of anilines is 1. The smallest absolute Gasteiger partial charge is 0.224 e. The number of aromatic nitrogens is 4. The zero-order chi connectivity index (χ0) is 20.2. The molecule has 1 N–H and O–H groups in total. The molecule has 2 aromatic carbocycles. The van der Waals surface area contributed by atoms with E-state index in [1.807, 2.05) is 68.4 Å². The third kappa shape index (κ3) is 4.24. The summed E-state index contributed by atoms with van der Waals surface area (Å²) in [4.78, 5) is 12.4. The number of nitrogens with one attached hydrogen (secondary N) is 1. The van der Waals surface area contributed by atoms with E-state index >= 15 is 0 Å². The normalized spacial score (nSPS) is 10.8. The van der Waals surface area contributed by atoms with Crippen molar-refractivity contribution >= 4 is 17.2 Å². The third-order valence-corrected chi connectivity index (χ3v) is 4.73. The number of para-hydroxylation sites is 1. The average molecular weight is 387 g/mol. The van der Waals surface area contributed by atoms with Crippen molar-refractivity contribution in [2.45, 2.75) is 26.7 Å². The molecule has 7 nitrogen and oxygen atoms in total. The molecule has 0 aliphatic carbocycles. The zero-order valence-corrected chi connectivity index (χ0v) is 16.3. The Morgan fingerprint density at radius 1 is 1.03 bits per heavy atom. The molecule has 4 aromatic rings. The van der Waals surface area contributed by atoms with E-state index in [2.05, 4.69) is 20.6 Å². The van der Waals surface area contributed by atoms with Crippen molar-refractivity contribution in [2.24, 2.45) is 0 Å². The van der Waals surface area contributed by atoms with Gasteiger partial charge in [0.25, 0.3) is 0 Å². The van der Waals surface area contributed by atoms with Gasteiger partial charge in [0.05, 0.1) is 5.69 Å². The highest BCUT2D eigenvalue weighted by molar-refractivity contribution is 5.90. The van der Waals surface area contributed by atoms with E-state index in [9.17, 15) is 4.79 Å². The van der Waals surface area contributed by atoms with Crippen LogP contribution in [0.3, 0.4) is 0 Å². The summed E-state index contributed by atoms with van der Waals surface area (Å²) in [6, 6.07) is 16.9. The van der Waals surface area contributed by atoms with E-state index < -0.39 is 0 Å². The fourth-order valence-electron chi connectivity index (χ4n) is 3.24. The van der Waals surface area contributed by atoms with E-state index in [0.29, 0.717) is 18.6 Å². The van der Waals surface area contributed by atoms with Crippen molar-refractivity contribution in [3.63, 3.8) is 0 Å². The van der Waals surface area contributed by atoms with Crippen molar-refractivity contribution < 1.29 is 9.53 Å². The van der Waals surface area contributed by atoms with E-state index in [4.69, 9.17) is 4.74 Å². The molecule has 0 bridgehead atoms. The Balaban J connectivity index is 1.36. The molecule has 0 aliphatic heterocycles. The van der Waals surface area contributed by atoms with Crippen molar-refractivity contribution in [1.29, 1.82) is 0 Å². The predicted octanol–water partition coefficient (Wildman–Crippen LogP) is 4.10. The van der Waals surface area contributed by atoms with Gasteiger partial charge in [-0.25, -0.2) is 4.52 Å². The van der Waals surface area contributed by atoms with Crippen LogP contribution in [-0.2, 0) is 11.2 Å². The van der Waals surface area contributed by atoms with Crippen LogP contribution in [0.5, 0.6) is 11.5 Å². The summed E-state index contributed by atoms with van der Waals surface area (Å²) in [5.41, 5.74) is 4.37. The molecule has 0 saturated heterocycles. The lowest BCUT2D eigenvalue weighted by atomic mass is 10.0. The third-order valence-electron chi connectivity index (χ3n) is 4.73. The molecule has 4 rings (SSSR count). The van der Waals surface area contributed by atoms with Gasteiger partial charge in [0.2, 0.25) is 5.91 Å². The number of ether oxygens (including phenoxy) is 1. The Labute approximate surface area is 168 Å². The topological polar surface area (TPSA) is 81.4 Å². The second-order valence-electron chi connectivity index (χ2n) is 6.78. The van der Waals surface area contributed by atoms with Crippen LogP contribution in [0.25, 0.3) is 5.65 Å². The lowest BCUT2D eigenvalue weighted by molar-refractivity contribution is -0.116. The highest BCUT2D eigenvalue weighted by atomic mass is 16.5. The Morgan fingerprint density at radius 3 is 2.52 bits per heavy atom. The molecule has 0 unspecified atom stereocenters. The molecular weight excluding hydrogens is 366 g/mol. The van der Waals surface area contributed by atoms with Crippen LogP contribution in [0.1, 0.15) is 23.2 Å². The number of hydrogen-bond donors (Lipinski definition) is 1. The number of rotatable bonds is 6. The Hall–Kier alpha value is -3.74. The lowest BCUT2D eigenvalue weighted by Gasteiger charge is -2.11. The van der Waals surface area contributed by atoms with E-state index in [1.54, 1.807) is 10.8 Å². The Morgan fingerprint density at radius 2 is 1.76 bits per heavy atom. The lowest BCUT2D eigenvalue weighted by Crippen LogP contribution is -2.14. The van der Waals surface area contributed by atoms with Crippen LogP contribution in [0, 0.1) is 13.8 Å². The van der Waals surface area contributed by atoms with Crippen LogP contribution in [0.15, 0.2) is 60.9 Å². The first kappa shape index (κ1) is 18.6. The van der Waals surface area contributed by atoms with Crippen molar-refractivity contribution in [2.75, 3.05) is 5.32 Å². The Kier molecular flexibility index (Phi) is 5.20. The van der Waals surface area contributed by atoms with Gasteiger partial charge < -0.3 is 10.1 Å². The van der Waals surface area contributed by atoms with Crippen molar-refractivity contribution in [1.82, 2.24) is 19.8 Å². The highest BCUT2D eigenvalue weighted by Gasteiger charge is 2.13. The number of fused-ring (bicyclic) bond motifs is 1. The average Bonchev–Trinajstić information content (AvgIpc) is 3.19. The molecule has 29 heavy (non-hydrogen) atoms. The number of hydrogen-bond acceptors (Lipinski definition) is 5. The van der Waals surface area contributed by atoms with Crippen LogP contribution >= 0.6 is 0 Å². The van der Waals surface area contributed by atoms with Crippen molar-refractivity contribution in [3.05, 3.63) is 77.7 Å². The summed E-state index contributed by atoms with van der Waals surface area (Å²) in [5.74, 6) is 1.43. The zero-order valence-electron chi connectivity index (χ0n) is 16.3. The SMILES string of the molecule is Cc1nn2cnnc2c(C)c1CCC(=O)Nc1ccc(Oc2ccccc2)cc1. The van der Waals surface area contributed by atoms with Crippen molar-refractivity contribution in [3.8, 4) is 11.5 Å². The van der Waals surface area contributed by atoms with Gasteiger partial charge >= 0.3 is 0 Å². The first-order valence-corrected chi connectivity index (χ1v) is 9.39. The monoisotopic (exact) mass is 387 g/mol. The number of benzene rings is 2. The number of nitrogens with zero attached hydrogens (tertiary/aromatic N) is 4. The standard InChI is InChI=1S/C22H21N5O2/c1-15-20(16(2)26-27-14-23-25-22(15)27)12-13-21(28)24-17-8-10-19(11-9-17)29-18-6-4-3-5-7-18/h3-11,14H,12-13H2,1-2H3,(H,24,28). The van der Waals surface area contributed by atoms with E-state index in [-0.39, 0.29) is 5.91 Å². The first-order chi connectivity index (χ1) is 14.1. The number of carbonyl (C=O) groups is 1. The van der Waals surface area contributed by atoms with Gasteiger partial charge in [0.1, 0.15) is 17.8 Å². The number of carbonyl (C=O) groups excluding carboxylic acids is 1. The maximum Gasteiger partial charge on any atom is 0.224 e. The summed E-state index contributed by atoms with van der Waals surface area (Å²) in [5, 5.41) is 15.4. The van der Waals surface area contributed by atoms with E-state index in [1.165, 1.54) is 0 Å². The largest absolute Gasteiger partial charge is 0.457 e. The Bertz CT molecular complexity index is 1140. The maximum atomic E-state index is 12.4. The molecule has 7 heteroatoms. The van der Waals surface area contributed by atoms with Crippen LogP contribution in [-0.4, -0.2) is 25.7 Å². The fraction of sp³-hybridized carbons (Fsp3) is 0.182. The van der Waals surface area contributed by atoms with Crippen LogP contribution in [0.4, 0.5) is 5.69 Å². The fourth-order valence-corrected chi connectivity index (χ4v) is 3.24. The molecule has 2 heterocycles. The molecule has 0 fully saturated rings. The highest BCUT2D eigenvalue weighted by Crippen LogP contribution is 2.23. The molecule has 0 spiro atoms. The van der Waals surface area contributed by atoms with Gasteiger partial charge in [-0.2, -0.15) is 5.10 Å². The molecular formula is C22H21N5O2. The summed E-state index contributed by atoms with van der Waals surface area (Å²) >= 11 is 0. The van der Waals surface area contributed by atoms with E-state index in [0.717, 1.165) is 33.9 Å². The molecule has 0 aliphatic rings. The first-order valence-electron chi connectivity index (χ1n) is 9.39. The predicted molar refractivity (Wildman–Crippen MR) is 110 cm³/mol. The van der Waals surface area contributed by atoms with Gasteiger partial charge in [-0.3, -0.25) is 4.79 Å². The van der Waals surface area contributed by atoms with Crippen LogP contribution in [0.2, 0.25) is 0 Å². The summed E-state index contributed by atoms with van der Waals surface area (Å²) in [6.07, 6.45) is 2.53. The number of aryl methyl sites for hydroxylation is 2. The van der Waals surface area contributed by atoms with Gasteiger partial charge in [-0.1, -0.05) is 18.2 Å². The molecule has 2 aromatic heterocycles. The molecule has 0 radical (unpaired) electrons. The quantitative estimate of drug-likeness (QED) is 0.539. The minimum atomic E-state index is -0.0538. The molecule has 146 valence electrons. The van der Waals surface area contributed by atoms with Gasteiger partial charge in [0, 0.05) is 17.7 Å². The second-order valence-corrected chi connectivity index (χ2v) is 6.78. The van der Waals surface area contributed by atoms with Gasteiger partial charge in [-0.15, -0.1) is 10.2 Å². The minimum Gasteiger partial charge on any atom is -0.457 e. The molecule has 1 amide bonds.